The van der Waals surface area contributed by atoms with Crippen molar-refractivity contribution in [2.75, 3.05) is 66.0 Å². The lowest BCUT2D eigenvalue weighted by atomic mass is 10.2. The first-order chi connectivity index (χ1) is 12.4. The first kappa shape index (κ1) is 24.9. The van der Waals surface area contributed by atoms with E-state index in [1.54, 1.807) is 6.92 Å². The van der Waals surface area contributed by atoms with Crippen molar-refractivity contribution < 1.29 is 37.7 Å². The quantitative estimate of drug-likeness (QED) is 0.346. The molecule has 0 heterocycles. The molecule has 0 radical (unpaired) electrons. The number of halogens is 1. The van der Waals surface area contributed by atoms with Crippen LogP contribution in [0.15, 0.2) is 0 Å². The predicted octanol–water partition coefficient (Wildman–Crippen LogP) is 0.521. The summed E-state index contributed by atoms with van der Waals surface area (Å²) < 4.78 is 39.8. The summed E-state index contributed by atoms with van der Waals surface area (Å²) in [5, 5.41) is 2.41. The predicted molar refractivity (Wildman–Crippen MR) is 93.0 cm³/mol. The number of rotatable bonds is 18. The van der Waals surface area contributed by atoms with Crippen LogP contribution in [-0.2, 0) is 33.3 Å². The van der Waals surface area contributed by atoms with Gasteiger partial charge in [-0.05, 0) is 13.8 Å². The number of Topliss-reactive ketones (excluding diaryl/α,β-unsaturated/α-hetero) is 1. The number of hydrogen-bond donors (Lipinski definition) is 1. The Labute approximate surface area is 154 Å². The van der Waals surface area contributed by atoms with E-state index < -0.39 is 12.3 Å². The topological polar surface area (TPSA) is 92.3 Å². The van der Waals surface area contributed by atoms with Gasteiger partial charge in [-0.15, -0.1) is 0 Å². The minimum atomic E-state index is -1.25. The lowest BCUT2D eigenvalue weighted by Gasteiger charge is -2.17. The van der Waals surface area contributed by atoms with Gasteiger partial charge < -0.3 is 29.0 Å². The Morgan fingerprint density at radius 1 is 0.846 bits per heavy atom. The zero-order valence-corrected chi connectivity index (χ0v) is 16.0. The van der Waals surface area contributed by atoms with Crippen molar-refractivity contribution in [3.63, 3.8) is 0 Å². The van der Waals surface area contributed by atoms with Crippen molar-refractivity contribution in [2.24, 2.45) is 0 Å². The summed E-state index contributed by atoms with van der Waals surface area (Å²) in [6.07, 6.45) is -1.87. The van der Waals surface area contributed by atoms with Gasteiger partial charge in [-0.1, -0.05) is 0 Å². The third-order valence-electron chi connectivity index (χ3n) is 3.09. The Kier molecular flexibility index (Phi) is 16.5. The molecule has 26 heavy (non-hydrogen) atoms. The van der Waals surface area contributed by atoms with Gasteiger partial charge in [0.05, 0.1) is 65.5 Å². The summed E-state index contributed by atoms with van der Waals surface area (Å²) in [5.74, 6) is -0.280. The summed E-state index contributed by atoms with van der Waals surface area (Å²) in [4.78, 5) is 21.3. The molecule has 0 saturated heterocycles. The maximum absolute atomic E-state index is 13.6. The number of carbonyl (C=O) groups excluding carboxylic acids is 2. The molecule has 0 aromatic carbocycles. The van der Waals surface area contributed by atoms with Gasteiger partial charge in [0.25, 0.3) is 0 Å². The van der Waals surface area contributed by atoms with E-state index in [4.69, 9.17) is 23.7 Å². The molecule has 1 amide bonds. The molecule has 0 aromatic rings. The fraction of sp³-hybridized carbons (Fsp3) is 0.882. The van der Waals surface area contributed by atoms with Gasteiger partial charge in [0.2, 0.25) is 5.91 Å². The second-order valence-electron chi connectivity index (χ2n) is 5.62. The normalized spacial score (nSPS) is 13.4. The lowest BCUT2D eigenvalue weighted by molar-refractivity contribution is -0.122. The van der Waals surface area contributed by atoms with E-state index in [2.05, 4.69) is 5.32 Å². The van der Waals surface area contributed by atoms with Gasteiger partial charge in [-0.3, -0.25) is 9.59 Å². The van der Waals surface area contributed by atoms with E-state index in [9.17, 15) is 14.0 Å². The molecule has 0 bridgehead atoms. The molecule has 0 fully saturated rings. The average Bonchev–Trinajstić information content (AvgIpc) is 2.59. The molecule has 0 aromatic heterocycles. The molecule has 0 aliphatic carbocycles. The Morgan fingerprint density at radius 2 is 1.31 bits per heavy atom. The van der Waals surface area contributed by atoms with Crippen LogP contribution in [0, 0.1) is 0 Å². The number of ketones is 1. The number of carbonyl (C=O) groups is 2. The standard InChI is InChI=1S/C17H32FNO7/c1-14(20)13-25-9-8-23-5-4-22-6-7-24-10-11-26-15(2)17(18)12-19-16(3)21/h15,17H,4-13H2,1-3H3,(H,19,21). The van der Waals surface area contributed by atoms with E-state index in [1.165, 1.54) is 13.8 Å². The Morgan fingerprint density at radius 3 is 1.77 bits per heavy atom. The molecule has 1 N–H and O–H groups in total. The van der Waals surface area contributed by atoms with Crippen molar-refractivity contribution in [1.82, 2.24) is 5.32 Å². The molecular weight excluding hydrogens is 349 g/mol. The van der Waals surface area contributed by atoms with Crippen LogP contribution in [0.3, 0.4) is 0 Å². The van der Waals surface area contributed by atoms with Crippen LogP contribution in [0.25, 0.3) is 0 Å². The van der Waals surface area contributed by atoms with Crippen molar-refractivity contribution in [2.45, 2.75) is 33.0 Å². The monoisotopic (exact) mass is 381 g/mol. The van der Waals surface area contributed by atoms with E-state index >= 15 is 0 Å². The highest BCUT2D eigenvalue weighted by atomic mass is 19.1. The molecule has 0 spiro atoms. The van der Waals surface area contributed by atoms with E-state index in [-0.39, 0.29) is 31.4 Å². The summed E-state index contributed by atoms with van der Waals surface area (Å²) in [5.41, 5.74) is 0. The second-order valence-corrected chi connectivity index (χ2v) is 5.62. The summed E-state index contributed by atoms with van der Waals surface area (Å²) in [6.45, 7) is 7.59. The summed E-state index contributed by atoms with van der Waals surface area (Å²) in [6, 6.07) is 0. The van der Waals surface area contributed by atoms with Crippen LogP contribution >= 0.6 is 0 Å². The van der Waals surface area contributed by atoms with Crippen molar-refractivity contribution in [3.8, 4) is 0 Å². The highest BCUT2D eigenvalue weighted by Gasteiger charge is 2.16. The smallest absolute Gasteiger partial charge is 0.216 e. The molecule has 2 unspecified atom stereocenters. The van der Waals surface area contributed by atoms with E-state index in [0.29, 0.717) is 46.2 Å². The zero-order chi connectivity index (χ0) is 19.6. The molecular formula is C17H32FNO7. The van der Waals surface area contributed by atoms with Gasteiger partial charge in [-0.2, -0.15) is 0 Å². The molecule has 154 valence electrons. The summed E-state index contributed by atoms with van der Waals surface area (Å²) in [7, 11) is 0. The molecule has 0 aliphatic rings. The van der Waals surface area contributed by atoms with Crippen molar-refractivity contribution >= 4 is 11.7 Å². The first-order valence-electron chi connectivity index (χ1n) is 8.74. The van der Waals surface area contributed by atoms with Crippen LogP contribution in [0.1, 0.15) is 20.8 Å². The Bertz CT molecular complexity index is 371. The highest BCUT2D eigenvalue weighted by Crippen LogP contribution is 2.02. The molecule has 0 aliphatic heterocycles. The number of nitrogens with one attached hydrogen (secondary N) is 1. The first-order valence-corrected chi connectivity index (χ1v) is 8.74. The van der Waals surface area contributed by atoms with Gasteiger partial charge in [-0.25, -0.2) is 4.39 Å². The van der Waals surface area contributed by atoms with Crippen molar-refractivity contribution in [1.29, 1.82) is 0 Å². The van der Waals surface area contributed by atoms with E-state index in [1.807, 2.05) is 0 Å². The molecule has 2 atom stereocenters. The van der Waals surface area contributed by atoms with Crippen LogP contribution in [0.4, 0.5) is 4.39 Å². The van der Waals surface area contributed by atoms with Crippen LogP contribution in [-0.4, -0.2) is 90.0 Å². The zero-order valence-electron chi connectivity index (χ0n) is 16.0. The Hall–Kier alpha value is -1.13. The van der Waals surface area contributed by atoms with Gasteiger partial charge in [0, 0.05) is 6.92 Å². The fourth-order valence-corrected chi connectivity index (χ4v) is 1.68. The average molecular weight is 381 g/mol. The maximum atomic E-state index is 13.6. The number of amides is 1. The molecule has 9 heteroatoms. The lowest BCUT2D eigenvalue weighted by Crippen LogP contribution is -2.35. The van der Waals surface area contributed by atoms with E-state index in [0.717, 1.165) is 0 Å². The summed E-state index contributed by atoms with van der Waals surface area (Å²) >= 11 is 0. The van der Waals surface area contributed by atoms with Crippen LogP contribution in [0.2, 0.25) is 0 Å². The largest absolute Gasteiger partial charge is 0.377 e. The number of hydrogen-bond acceptors (Lipinski definition) is 7. The van der Waals surface area contributed by atoms with Crippen LogP contribution in [0.5, 0.6) is 0 Å². The molecule has 0 rings (SSSR count). The second kappa shape index (κ2) is 17.3. The third kappa shape index (κ3) is 17.7. The third-order valence-corrected chi connectivity index (χ3v) is 3.09. The van der Waals surface area contributed by atoms with Gasteiger partial charge in [0.15, 0.2) is 5.78 Å². The number of alkyl halides is 1. The van der Waals surface area contributed by atoms with Gasteiger partial charge >= 0.3 is 0 Å². The maximum Gasteiger partial charge on any atom is 0.216 e. The fourth-order valence-electron chi connectivity index (χ4n) is 1.68. The molecule has 8 nitrogen and oxygen atoms in total. The minimum Gasteiger partial charge on any atom is -0.377 e. The molecule has 0 saturated carbocycles. The number of ether oxygens (including phenoxy) is 5. The van der Waals surface area contributed by atoms with Crippen LogP contribution < -0.4 is 5.32 Å². The van der Waals surface area contributed by atoms with Gasteiger partial charge in [0.1, 0.15) is 12.8 Å². The van der Waals surface area contributed by atoms with Crippen molar-refractivity contribution in [3.05, 3.63) is 0 Å². The Balaban J connectivity index is 3.26. The highest BCUT2D eigenvalue weighted by molar-refractivity contribution is 5.76. The minimum absolute atomic E-state index is 0.0114. The SMILES string of the molecule is CC(=O)COCCOCCOCCOCCOC(C)C(F)CNC(C)=O.